The lowest BCUT2D eigenvalue weighted by Crippen LogP contribution is -2.29. The summed E-state index contributed by atoms with van der Waals surface area (Å²) in [6.07, 6.45) is 2.18. The molecule has 0 saturated heterocycles. The molecule has 0 saturated carbocycles. The van der Waals surface area contributed by atoms with Gasteiger partial charge in [-0.3, -0.25) is 4.79 Å². The van der Waals surface area contributed by atoms with Gasteiger partial charge in [-0.2, -0.15) is 0 Å². The van der Waals surface area contributed by atoms with Crippen LogP contribution in [0.4, 0.5) is 0 Å². The third kappa shape index (κ3) is 4.33. The third-order valence-electron chi connectivity index (χ3n) is 2.46. The van der Waals surface area contributed by atoms with Crippen molar-refractivity contribution in [2.45, 2.75) is 45.2 Å². The van der Waals surface area contributed by atoms with Crippen LogP contribution in [-0.4, -0.2) is 11.9 Å². The second kappa shape index (κ2) is 6.66. The fraction of sp³-hybridized carbons (Fsp3) is 0.583. The highest BCUT2D eigenvalue weighted by atomic mass is 32.1. The fourth-order valence-electron chi connectivity index (χ4n) is 1.49. The maximum Gasteiger partial charge on any atom is 0.220 e. The number of carbonyl (C=O) groups is 1. The molecule has 1 aromatic rings. The Morgan fingerprint density at radius 2 is 2.38 bits per heavy atom. The normalized spacial score (nSPS) is 14.4. The van der Waals surface area contributed by atoms with E-state index in [1.54, 1.807) is 11.3 Å². The number of thiophene rings is 1. The van der Waals surface area contributed by atoms with Crippen LogP contribution in [0.1, 0.15) is 44.0 Å². The van der Waals surface area contributed by atoms with E-state index in [4.69, 9.17) is 5.73 Å². The van der Waals surface area contributed by atoms with Crippen LogP contribution in [0.3, 0.4) is 0 Å². The summed E-state index contributed by atoms with van der Waals surface area (Å²) in [5.74, 6) is 0.0950. The minimum atomic E-state index is 0.0903. The molecule has 0 radical (unpaired) electrons. The Labute approximate surface area is 101 Å². The molecule has 2 atom stereocenters. The summed E-state index contributed by atoms with van der Waals surface area (Å²) < 4.78 is 0. The quantitative estimate of drug-likeness (QED) is 0.802. The molecule has 90 valence electrons. The summed E-state index contributed by atoms with van der Waals surface area (Å²) >= 11 is 1.68. The minimum absolute atomic E-state index is 0.0903. The highest BCUT2D eigenvalue weighted by molar-refractivity contribution is 7.10. The molecule has 0 aliphatic rings. The highest BCUT2D eigenvalue weighted by Gasteiger charge is 2.13. The van der Waals surface area contributed by atoms with Gasteiger partial charge in [-0.25, -0.2) is 0 Å². The van der Waals surface area contributed by atoms with Gasteiger partial charge in [-0.15, -0.1) is 11.3 Å². The van der Waals surface area contributed by atoms with Crippen molar-refractivity contribution in [1.82, 2.24) is 5.32 Å². The lowest BCUT2D eigenvalue weighted by Gasteiger charge is -2.15. The number of hydrogen-bond acceptors (Lipinski definition) is 3. The second-order valence-electron chi connectivity index (χ2n) is 4.06. The predicted molar refractivity (Wildman–Crippen MR) is 68.4 cm³/mol. The molecule has 3 N–H and O–H groups in total. The number of amides is 1. The molecule has 1 heterocycles. The van der Waals surface area contributed by atoms with Crippen molar-refractivity contribution in [3.05, 3.63) is 22.4 Å². The van der Waals surface area contributed by atoms with Gasteiger partial charge in [0.15, 0.2) is 0 Å². The van der Waals surface area contributed by atoms with E-state index in [0.717, 1.165) is 12.8 Å². The van der Waals surface area contributed by atoms with Gasteiger partial charge in [0, 0.05) is 17.3 Å². The number of nitrogens with one attached hydrogen (secondary N) is 1. The monoisotopic (exact) mass is 240 g/mol. The van der Waals surface area contributed by atoms with Gasteiger partial charge in [-0.05, 0) is 31.2 Å². The average Bonchev–Trinajstić information content (AvgIpc) is 2.76. The van der Waals surface area contributed by atoms with Crippen LogP contribution in [0, 0.1) is 0 Å². The molecular formula is C12H20N2OS. The zero-order valence-electron chi connectivity index (χ0n) is 9.90. The van der Waals surface area contributed by atoms with E-state index in [2.05, 4.69) is 18.3 Å². The second-order valence-corrected chi connectivity index (χ2v) is 5.04. The van der Waals surface area contributed by atoms with E-state index in [9.17, 15) is 4.79 Å². The molecule has 0 fully saturated rings. The Hall–Kier alpha value is -0.870. The van der Waals surface area contributed by atoms with Gasteiger partial charge in [0.1, 0.15) is 0 Å². The van der Waals surface area contributed by atoms with Crippen LogP contribution >= 0.6 is 11.3 Å². The van der Waals surface area contributed by atoms with Crippen LogP contribution in [-0.2, 0) is 4.79 Å². The largest absolute Gasteiger partial charge is 0.348 e. The lowest BCUT2D eigenvalue weighted by atomic mass is 10.1. The molecule has 0 bridgehead atoms. The summed E-state index contributed by atoms with van der Waals surface area (Å²) in [5.41, 5.74) is 5.62. The van der Waals surface area contributed by atoms with E-state index < -0.39 is 0 Å². The Balaban J connectivity index is 2.42. The zero-order chi connectivity index (χ0) is 12.0. The van der Waals surface area contributed by atoms with Crippen molar-refractivity contribution in [3.63, 3.8) is 0 Å². The fourth-order valence-corrected chi connectivity index (χ4v) is 2.35. The van der Waals surface area contributed by atoms with Crippen LogP contribution in [0.15, 0.2) is 17.5 Å². The predicted octanol–water partition coefficient (Wildman–Crippen LogP) is 2.44. The maximum absolute atomic E-state index is 11.6. The number of carbonyl (C=O) groups excluding carboxylic acids is 1. The SMILES string of the molecule is CCC(NC(=O)CCC(C)N)c1cccs1. The average molecular weight is 240 g/mol. The van der Waals surface area contributed by atoms with Crippen molar-refractivity contribution >= 4 is 17.2 Å². The van der Waals surface area contributed by atoms with Crippen LogP contribution in [0.25, 0.3) is 0 Å². The van der Waals surface area contributed by atoms with Gasteiger partial charge < -0.3 is 11.1 Å². The Kier molecular flexibility index (Phi) is 5.49. The molecule has 0 aliphatic carbocycles. The summed E-state index contributed by atoms with van der Waals surface area (Å²) in [6.45, 7) is 4.00. The molecular weight excluding hydrogens is 220 g/mol. The molecule has 0 aliphatic heterocycles. The Bertz CT molecular complexity index is 309. The van der Waals surface area contributed by atoms with Gasteiger partial charge in [0.05, 0.1) is 6.04 Å². The molecule has 1 aromatic heterocycles. The molecule has 3 nitrogen and oxygen atoms in total. The van der Waals surface area contributed by atoms with Gasteiger partial charge in [0.25, 0.3) is 0 Å². The van der Waals surface area contributed by atoms with Crippen LogP contribution < -0.4 is 11.1 Å². The number of nitrogens with two attached hydrogens (primary N) is 1. The Morgan fingerprint density at radius 3 is 2.88 bits per heavy atom. The molecule has 0 aromatic carbocycles. The van der Waals surface area contributed by atoms with Gasteiger partial charge >= 0.3 is 0 Å². The summed E-state index contributed by atoms with van der Waals surface area (Å²) in [4.78, 5) is 12.9. The van der Waals surface area contributed by atoms with Gasteiger partial charge in [0.2, 0.25) is 5.91 Å². The Morgan fingerprint density at radius 1 is 1.62 bits per heavy atom. The van der Waals surface area contributed by atoms with Crippen molar-refractivity contribution in [1.29, 1.82) is 0 Å². The molecule has 4 heteroatoms. The smallest absolute Gasteiger partial charge is 0.220 e. The van der Waals surface area contributed by atoms with E-state index in [-0.39, 0.29) is 18.0 Å². The minimum Gasteiger partial charge on any atom is -0.348 e. The van der Waals surface area contributed by atoms with E-state index in [1.165, 1.54) is 4.88 Å². The van der Waals surface area contributed by atoms with Crippen LogP contribution in [0.5, 0.6) is 0 Å². The van der Waals surface area contributed by atoms with E-state index >= 15 is 0 Å². The molecule has 16 heavy (non-hydrogen) atoms. The maximum atomic E-state index is 11.6. The molecule has 1 rings (SSSR count). The summed E-state index contributed by atoms with van der Waals surface area (Å²) in [5, 5.41) is 5.07. The first-order valence-corrected chi connectivity index (χ1v) is 6.59. The zero-order valence-corrected chi connectivity index (χ0v) is 10.7. The van der Waals surface area contributed by atoms with E-state index in [1.807, 2.05) is 18.4 Å². The highest BCUT2D eigenvalue weighted by Crippen LogP contribution is 2.21. The van der Waals surface area contributed by atoms with Crippen molar-refractivity contribution in [3.8, 4) is 0 Å². The van der Waals surface area contributed by atoms with Crippen molar-refractivity contribution in [2.24, 2.45) is 5.73 Å². The lowest BCUT2D eigenvalue weighted by molar-refractivity contribution is -0.122. The number of hydrogen-bond donors (Lipinski definition) is 2. The van der Waals surface area contributed by atoms with Gasteiger partial charge in [-0.1, -0.05) is 13.0 Å². The van der Waals surface area contributed by atoms with E-state index in [0.29, 0.717) is 6.42 Å². The molecule has 2 unspecified atom stereocenters. The summed E-state index contributed by atoms with van der Waals surface area (Å²) in [6, 6.07) is 4.31. The van der Waals surface area contributed by atoms with Crippen molar-refractivity contribution in [2.75, 3.05) is 0 Å². The third-order valence-corrected chi connectivity index (χ3v) is 3.44. The first kappa shape index (κ1) is 13.2. The first-order chi connectivity index (χ1) is 7.63. The summed E-state index contributed by atoms with van der Waals surface area (Å²) in [7, 11) is 0. The standard InChI is InChI=1S/C12H20N2OS/c1-3-10(11-5-4-8-16-11)14-12(15)7-6-9(2)13/h4-5,8-10H,3,6-7,13H2,1-2H3,(H,14,15). The molecule has 0 spiro atoms. The number of rotatable bonds is 6. The molecule has 1 amide bonds. The topological polar surface area (TPSA) is 55.1 Å². The first-order valence-electron chi connectivity index (χ1n) is 5.71. The van der Waals surface area contributed by atoms with Crippen LogP contribution in [0.2, 0.25) is 0 Å². The van der Waals surface area contributed by atoms with Crippen molar-refractivity contribution < 1.29 is 4.79 Å².